The molecule has 0 aliphatic rings. The highest BCUT2D eigenvalue weighted by Crippen LogP contribution is 2.25. The van der Waals surface area contributed by atoms with Crippen molar-refractivity contribution in [3.05, 3.63) is 28.2 Å². The maximum Gasteiger partial charge on any atom is 0.303 e. The number of carbonyl (C=O) groups excluding carboxylic acids is 1. The van der Waals surface area contributed by atoms with E-state index in [-0.39, 0.29) is 12.3 Å². The van der Waals surface area contributed by atoms with Crippen molar-refractivity contribution in [2.75, 3.05) is 13.7 Å². The predicted molar refractivity (Wildman–Crippen MR) is 88.1 cm³/mol. The maximum absolute atomic E-state index is 11.7. The Morgan fingerprint density at radius 2 is 2.00 bits per heavy atom. The van der Waals surface area contributed by atoms with E-state index in [9.17, 15) is 9.59 Å². The number of hydrogen-bond acceptors (Lipinski definition) is 3. The van der Waals surface area contributed by atoms with Crippen LogP contribution in [0, 0.1) is 0 Å². The Kier molecular flexibility index (Phi) is 8.58. The van der Waals surface area contributed by atoms with E-state index in [4.69, 9.17) is 9.84 Å². The third kappa shape index (κ3) is 7.45. The molecule has 1 amide bonds. The number of benzene rings is 1. The number of hydrogen-bond donors (Lipinski definition) is 2. The van der Waals surface area contributed by atoms with Crippen LogP contribution < -0.4 is 10.1 Å². The Bertz CT molecular complexity index is 505. The lowest BCUT2D eigenvalue weighted by Gasteiger charge is -2.07. The minimum Gasteiger partial charge on any atom is -0.496 e. The molecule has 2 N–H and O–H groups in total. The van der Waals surface area contributed by atoms with Crippen molar-refractivity contribution in [3.8, 4) is 5.75 Å². The van der Waals surface area contributed by atoms with Crippen LogP contribution in [-0.4, -0.2) is 30.6 Å². The summed E-state index contributed by atoms with van der Waals surface area (Å²) >= 11 is 3.42. The van der Waals surface area contributed by atoms with Gasteiger partial charge in [-0.05, 0) is 52.9 Å². The second-order valence-corrected chi connectivity index (χ2v) is 5.88. The summed E-state index contributed by atoms with van der Waals surface area (Å²) in [7, 11) is 1.61. The molecule has 0 aliphatic carbocycles. The van der Waals surface area contributed by atoms with Crippen LogP contribution in [0.3, 0.4) is 0 Å². The number of aryl methyl sites for hydroxylation is 1. The summed E-state index contributed by atoms with van der Waals surface area (Å²) in [5.74, 6) is 0.0226. The molecule has 0 atom stereocenters. The average molecular weight is 372 g/mol. The average Bonchev–Trinajstić information content (AvgIpc) is 2.48. The molecule has 22 heavy (non-hydrogen) atoms. The molecule has 0 heterocycles. The van der Waals surface area contributed by atoms with Gasteiger partial charge in [0.15, 0.2) is 0 Å². The lowest BCUT2D eigenvalue weighted by Crippen LogP contribution is -2.24. The van der Waals surface area contributed by atoms with Gasteiger partial charge in [-0.2, -0.15) is 0 Å². The number of nitrogens with one attached hydrogen (secondary N) is 1. The van der Waals surface area contributed by atoms with Gasteiger partial charge in [0, 0.05) is 19.4 Å². The Hall–Kier alpha value is -1.56. The molecule has 0 bridgehead atoms. The van der Waals surface area contributed by atoms with Gasteiger partial charge >= 0.3 is 5.97 Å². The summed E-state index contributed by atoms with van der Waals surface area (Å²) in [6.07, 6.45) is 3.60. The van der Waals surface area contributed by atoms with Crippen molar-refractivity contribution in [1.29, 1.82) is 0 Å². The number of ether oxygens (including phenoxy) is 1. The first-order valence-corrected chi connectivity index (χ1v) is 8.13. The summed E-state index contributed by atoms with van der Waals surface area (Å²) in [6.45, 7) is 0.602. The second-order valence-electron chi connectivity index (χ2n) is 5.02. The number of halogens is 1. The van der Waals surface area contributed by atoms with E-state index in [0.29, 0.717) is 25.8 Å². The minimum absolute atomic E-state index is 0.0187. The molecule has 0 unspecified atom stereocenters. The van der Waals surface area contributed by atoms with Gasteiger partial charge in [0.1, 0.15) is 5.75 Å². The quantitative estimate of drug-likeness (QED) is 0.619. The van der Waals surface area contributed by atoms with E-state index in [2.05, 4.69) is 21.2 Å². The van der Waals surface area contributed by atoms with Crippen molar-refractivity contribution < 1.29 is 19.4 Å². The first-order chi connectivity index (χ1) is 10.5. The molecular weight excluding hydrogens is 350 g/mol. The van der Waals surface area contributed by atoms with E-state index in [1.807, 2.05) is 18.2 Å². The van der Waals surface area contributed by atoms with Gasteiger partial charge in [-0.3, -0.25) is 9.59 Å². The van der Waals surface area contributed by atoms with Crippen LogP contribution in [0.1, 0.15) is 37.7 Å². The van der Waals surface area contributed by atoms with E-state index < -0.39 is 5.97 Å². The number of methoxy groups -OCH3 is 1. The largest absolute Gasteiger partial charge is 0.496 e. The number of aliphatic carboxylic acids is 1. The minimum atomic E-state index is -0.769. The smallest absolute Gasteiger partial charge is 0.303 e. The van der Waals surface area contributed by atoms with E-state index >= 15 is 0 Å². The highest BCUT2D eigenvalue weighted by molar-refractivity contribution is 9.10. The van der Waals surface area contributed by atoms with Gasteiger partial charge in [0.25, 0.3) is 0 Å². The molecule has 0 aromatic heterocycles. The molecule has 0 aliphatic heterocycles. The van der Waals surface area contributed by atoms with Crippen LogP contribution in [0.4, 0.5) is 0 Å². The predicted octanol–water partition coefficient (Wildman–Crippen LogP) is 3.15. The van der Waals surface area contributed by atoms with E-state index in [1.165, 1.54) is 0 Å². The molecule has 5 nitrogen and oxygen atoms in total. The number of carboxylic acid groups (broad SMARTS) is 1. The number of rotatable bonds is 10. The van der Waals surface area contributed by atoms with Crippen molar-refractivity contribution in [3.63, 3.8) is 0 Å². The van der Waals surface area contributed by atoms with Crippen LogP contribution >= 0.6 is 15.9 Å². The summed E-state index contributed by atoms with van der Waals surface area (Å²) in [5, 5.41) is 11.4. The molecule has 0 spiro atoms. The fraction of sp³-hybridized carbons (Fsp3) is 0.500. The van der Waals surface area contributed by atoms with Crippen LogP contribution in [0.15, 0.2) is 22.7 Å². The summed E-state index contributed by atoms with van der Waals surface area (Å²) < 4.78 is 6.04. The summed E-state index contributed by atoms with van der Waals surface area (Å²) in [5.41, 5.74) is 1.07. The topological polar surface area (TPSA) is 75.6 Å². The van der Waals surface area contributed by atoms with E-state index in [0.717, 1.165) is 28.6 Å². The first kappa shape index (κ1) is 18.5. The van der Waals surface area contributed by atoms with Crippen molar-refractivity contribution in [2.24, 2.45) is 0 Å². The van der Waals surface area contributed by atoms with Crippen LogP contribution in [0.2, 0.25) is 0 Å². The number of unbranched alkanes of at least 4 members (excludes halogenated alkanes) is 2. The molecule has 0 saturated carbocycles. The lowest BCUT2D eigenvalue weighted by molar-refractivity contribution is -0.137. The van der Waals surface area contributed by atoms with E-state index in [1.54, 1.807) is 7.11 Å². The zero-order chi connectivity index (χ0) is 16.4. The van der Waals surface area contributed by atoms with Gasteiger partial charge in [-0.1, -0.05) is 12.5 Å². The van der Waals surface area contributed by atoms with Crippen molar-refractivity contribution >= 4 is 27.8 Å². The fourth-order valence-electron chi connectivity index (χ4n) is 2.02. The van der Waals surface area contributed by atoms with Gasteiger partial charge in [-0.25, -0.2) is 0 Å². The zero-order valence-electron chi connectivity index (χ0n) is 12.7. The van der Waals surface area contributed by atoms with Crippen molar-refractivity contribution in [1.82, 2.24) is 5.32 Å². The highest BCUT2D eigenvalue weighted by atomic mass is 79.9. The zero-order valence-corrected chi connectivity index (χ0v) is 14.3. The van der Waals surface area contributed by atoms with Crippen LogP contribution in [0.25, 0.3) is 0 Å². The first-order valence-electron chi connectivity index (χ1n) is 7.34. The third-order valence-electron chi connectivity index (χ3n) is 3.25. The second kappa shape index (κ2) is 10.2. The molecule has 122 valence electrons. The lowest BCUT2D eigenvalue weighted by atomic mass is 10.1. The van der Waals surface area contributed by atoms with Gasteiger partial charge in [-0.15, -0.1) is 0 Å². The van der Waals surface area contributed by atoms with Gasteiger partial charge in [0.2, 0.25) is 5.91 Å². The summed E-state index contributed by atoms with van der Waals surface area (Å²) in [4.78, 5) is 22.1. The van der Waals surface area contributed by atoms with Gasteiger partial charge in [0.05, 0.1) is 11.6 Å². The molecule has 1 aromatic carbocycles. The Labute approximate surface area is 139 Å². The number of carbonyl (C=O) groups is 2. The molecule has 0 saturated heterocycles. The van der Waals surface area contributed by atoms with Crippen molar-refractivity contribution in [2.45, 2.75) is 38.5 Å². The third-order valence-corrected chi connectivity index (χ3v) is 3.87. The molecular formula is C16H22BrNO4. The van der Waals surface area contributed by atoms with Gasteiger partial charge < -0.3 is 15.2 Å². The SMILES string of the molecule is COc1ccc(CCC(=O)NCCCCCC(=O)O)cc1Br. The Morgan fingerprint density at radius 3 is 2.64 bits per heavy atom. The number of carboxylic acids is 1. The maximum atomic E-state index is 11.7. The van der Waals surface area contributed by atoms with Crippen LogP contribution in [-0.2, 0) is 16.0 Å². The van der Waals surface area contributed by atoms with Crippen LogP contribution in [0.5, 0.6) is 5.75 Å². The molecule has 6 heteroatoms. The summed E-state index contributed by atoms with van der Waals surface area (Å²) in [6, 6.07) is 5.78. The molecule has 0 radical (unpaired) electrons. The fourth-order valence-corrected chi connectivity index (χ4v) is 2.61. The standard InChI is InChI=1S/C16H22BrNO4/c1-22-14-8-6-12(11-13(14)17)7-9-15(19)18-10-4-2-3-5-16(20)21/h6,8,11H,2-5,7,9-10H2,1H3,(H,18,19)(H,20,21). The molecule has 0 fully saturated rings. The Morgan fingerprint density at radius 1 is 1.23 bits per heavy atom. The highest BCUT2D eigenvalue weighted by Gasteiger charge is 2.05. The normalized spacial score (nSPS) is 10.3. The molecule has 1 aromatic rings. The Balaban J connectivity index is 2.18. The monoisotopic (exact) mass is 371 g/mol. The number of amides is 1. The molecule has 1 rings (SSSR count).